The van der Waals surface area contributed by atoms with Crippen molar-refractivity contribution in [2.24, 2.45) is 0 Å². The van der Waals surface area contributed by atoms with Gasteiger partial charge in [-0.3, -0.25) is 4.79 Å². The summed E-state index contributed by atoms with van der Waals surface area (Å²) in [6.07, 6.45) is 0.0410. The van der Waals surface area contributed by atoms with Gasteiger partial charge in [0.1, 0.15) is 29.2 Å². The molecule has 0 radical (unpaired) electrons. The Hall–Kier alpha value is -2.75. The highest BCUT2D eigenvalue weighted by Crippen LogP contribution is 2.49. The van der Waals surface area contributed by atoms with Crippen molar-refractivity contribution in [2.45, 2.75) is 46.3 Å². The second-order valence-electron chi connectivity index (χ2n) is 7.77. The van der Waals surface area contributed by atoms with E-state index in [4.69, 9.17) is 30.2 Å². The van der Waals surface area contributed by atoms with E-state index in [1.165, 1.54) is 24.1 Å². The number of carbonyl (C=O) groups is 2. The van der Waals surface area contributed by atoms with Crippen molar-refractivity contribution in [1.29, 1.82) is 0 Å². The highest BCUT2D eigenvalue weighted by atomic mass is 35.5. The van der Waals surface area contributed by atoms with Gasteiger partial charge in [-0.1, -0.05) is 23.4 Å². The van der Waals surface area contributed by atoms with Gasteiger partial charge in [0.15, 0.2) is 11.0 Å². The van der Waals surface area contributed by atoms with Crippen molar-refractivity contribution in [3.8, 4) is 0 Å². The van der Waals surface area contributed by atoms with Crippen LogP contribution in [0.1, 0.15) is 44.9 Å². The SMILES string of the molecule is CCOC(=O)C1=C(C(=O)OCC)N2C(C)=C(C)SC2OC1c1coc2cc(C)c(Cl)cc2c1=O. The molecule has 1 aromatic heterocycles. The van der Waals surface area contributed by atoms with Gasteiger partial charge in [-0.25, -0.2) is 9.59 Å². The van der Waals surface area contributed by atoms with E-state index < -0.39 is 29.0 Å². The zero-order valence-corrected chi connectivity index (χ0v) is 21.0. The van der Waals surface area contributed by atoms with E-state index in [1.807, 2.05) is 13.8 Å². The molecule has 8 nitrogen and oxygen atoms in total. The summed E-state index contributed by atoms with van der Waals surface area (Å²) in [6.45, 7) is 9.01. The van der Waals surface area contributed by atoms with Gasteiger partial charge in [-0.2, -0.15) is 0 Å². The van der Waals surface area contributed by atoms with Gasteiger partial charge in [0, 0.05) is 15.6 Å². The molecule has 0 spiro atoms. The van der Waals surface area contributed by atoms with E-state index in [2.05, 4.69) is 0 Å². The maximum atomic E-state index is 13.5. The van der Waals surface area contributed by atoms with Gasteiger partial charge < -0.3 is 23.5 Å². The summed E-state index contributed by atoms with van der Waals surface area (Å²) >= 11 is 7.62. The quantitative estimate of drug-likeness (QED) is 0.531. The van der Waals surface area contributed by atoms with E-state index in [9.17, 15) is 14.4 Å². The number of nitrogens with zero attached hydrogens (tertiary/aromatic N) is 1. The van der Waals surface area contributed by atoms with Crippen molar-refractivity contribution in [2.75, 3.05) is 13.2 Å². The average Bonchev–Trinajstić information content (AvgIpc) is 3.07. The Balaban J connectivity index is 1.98. The zero-order valence-electron chi connectivity index (χ0n) is 19.4. The highest BCUT2D eigenvalue weighted by molar-refractivity contribution is 8.03. The lowest BCUT2D eigenvalue weighted by Crippen LogP contribution is -2.43. The normalized spacial score (nSPS) is 20.1. The molecular formula is C24H24ClNO7S. The van der Waals surface area contributed by atoms with Crippen LogP contribution in [-0.4, -0.2) is 35.6 Å². The molecule has 2 unspecified atom stereocenters. The number of hydrogen-bond donors (Lipinski definition) is 0. The summed E-state index contributed by atoms with van der Waals surface area (Å²) in [7, 11) is 0. The number of ether oxygens (including phenoxy) is 3. The number of rotatable bonds is 5. The van der Waals surface area contributed by atoms with Crippen molar-refractivity contribution >= 4 is 46.3 Å². The third kappa shape index (κ3) is 4.01. The summed E-state index contributed by atoms with van der Waals surface area (Å²) in [5.41, 5.74) is 0.677. The number of carbonyl (C=O) groups excluding carboxylic acids is 2. The number of allylic oxidation sites excluding steroid dienone is 2. The molecule has 2 atom stereocenters. The third-order valence-electron chi connectivity index (χ3n) is 5.70. The van der Waals surface area contributed by atoms with E-state index >= 15 is 0 Å². The Morgan fingerprint density at radius 2 is 1.79 bits per heavy atom. The standard InChI is InChI=1S/C24H24ClNO7S/c1-6-30-22(28)18-19(23(29)31-7-2)26-12(4)13(5)34-24(26)33-21(18)15-10-32-17-8-11(3)16(25)9-14(17)20(15)27/h8-10,21,24H,6-7H2,1-5H3. The van der Waals surface area contributed by atoms with Crippen molar-refractivity contribution in [3.05, 3.63) is 66.6 Å². The van der Waals surface area contributed by atoms with Crippen LogP contribution in [0.4, 0.5) is 0 Å². The van der Waals surface area contributed by atoms with E-state index in [-0.39, 0.29) is 35.4 Å². The molecule has 0 N–H and O–H groups in total. The fourth-order valence-corrected chi connectivity index (χ4v) is 5.18. The average molecular weight is 506 g/mol. The molecule has 0 fully saturated rings. The van der Waals surface area contributed by atoms with Crippen LogP contribution >= 0.6 is 23.4 Å². The Labute approximate surface area is 205 Å². The van der Waals surface area contributed by atoms with Gasteiger partial charge in [0.2, 0.25) is 0 Å². The molecule has 1 aromatic carbocycles. The lowest BCUT2D eigenvalue weighted by atomic mass is 9.97. The summed E-state index contributed by atoms with van der Waals surface area (Å²) in [4.78, 5) is 42.4. The Morgan fingerprint density at radius 1 is 1.12 bits per heavy atom. The second-order valence-corrected chi connectivity index (χ2v) is 9.43. The minimum Gasteiger partial charge on any atom is -0.464 e. The molecule has 0 saturated heterocycles. The fraction of sp³-hybridized carbons (Fsp3) is 0.375. The molecule has 2 aliphatic heterocycles. The van der Waals surface area contributed by atoms with Crippen LogP contribution in [0.5, 0.6) is 0 Å². The van der Waals surface area contributed by atoms with Crippen LogP contribution in [-0.2, 0) is 23.8 Å². The second kappa shape index (κ2) is 9.48. The van der Waals surface area contributed by atoms with Gasteiger partial charge in [0.25, 0.3) is 0 Å². The minimum absolute atomic E-state index is 0.00941. The third-order valence-corrected chi connectivity index (χ3v) is 7.28. The molecule has 34 heavy (non-hydrogen) atoms. The maximum absolute atomic E-state index is 13.5. The number of fused-ring (bicyclic) bond motifs is 2. The van der Waals surface area contributed by atoms with Crippen molar-refractivity contribution < 1.29 is 28.2 Å². The molecule has 4 rings (SSSR count). The number of benzene rings is 1. The van der Waals surface area contributed by atoms with Crippen LogP contribution in [0.3, 0.4) is 0 Å². The van der Waals surface area contributed by atoms with Gasteiger partial charge in [-0.05, 0) is 52.3 Å². The molecule has 0 aliphatic carbocycles. The predicted molar refractivity (Wildman–Crippen MR) is 128 cm³/mol. The molecule has 2 aliphatic rings. The monoisotopic (exact) mass is 505 g/mol. The first-order valence-electron chi connectivity index (χ1n) is 10.8. The molecule has 2 aromatic rings. The lowest BCUT2D eigenvalue weighted by molar-refractivity contribution is -0.149. The van der Waals surface area contributed by atoms with Gasteiger partial charge >= 0.3 is 11.9 Å². The first-order chi connectivity index (χ1) is 16.2. The number of esters is 2. The van der Waals surface area contributed by atoms with E-state index in [0.717, 1.165) is 16.2 Å². The van der Waals surface area contributed by atoms with Crippen LogP contribution in [0.15, 0.2) is 49.5 Å². The number of aryl methyl sites for hydroxylation is 1. The number of halogens is 1. The molecule has 0 bridgehead atoms. The molecule has 180 valence electrons. The Bertz CT molecular complexity index is 1310. The lowest BCUT2D eigenvalue weighted by Gasteiger charge is -2.38. The predicted octanol–water partition coefficient (Wildman–Crippen LogP) is 4.79. The zero-order chi connectivity index (χ0) is 24.7. The van der Waals surface area contributed by atoms with Crippen LogP contribution in [0, 0.1) is 6.92 Å². The van der Waals surface area contributed by atoms with E-state index in [0.29, 0.717) is 10.6 Å². The summed E-state index contributed by atoms with van der Waals surface area (Å²) in [5, 5.41) is 0.646. The number of hydrogen-bond acceptors (Lipinski definition) is 9. The summed E-state index contributed by atoms with van der Waals surface area (Å²) < 4.78 is 22.6. The number of thioether (sulfide) groups is 1. The van der Waals surface area contributed by atoms with Crippen LogP contribution in [0.2, 0.25) is 5.02 Å². The molecule has 0 saturated carbocycles. The van der Waals surface area contributed by atoms with Gasteiger partial charge in [0.05, 0.1) is 24.2 Å². The molecule has 10 heteroatoms. The van der Waals surface area contributed by atoms with Crippen molar-refractivity contribution in [1.82, 2.24) is 4.90 Å². The first-order valence-corrected chi connectivity index (χ1v) is 12.0. The largest absolute Gasteiger partial charge is 0.464 e. The first kappa shape index (κ1) is 24.4. The summed E-state index contributed by atoms with van der Waals surface area (Å²) in [5.74, 6) is -1.49. The van der Waals surface area contributed by atoms with Crippen molar-refractivity contribution in [3.63, 3.8) is 0 Å². The van der Waals surface area contributed by atoms with Crippen LogP contribution < -0.4 is 5.43 Å². The minimum atomic E-state index is -1.22. The topological polar surface area (TPSA) is 95.3 Å². The molecule has 0 amide bonds. The molecular weight excluding hydrogens is 482 g/mol. The Morgan fingerprint density at radius 3 is 2.47 bits per heavy atom. The van der Waals surface area contributed by atoms with E-state index in [1.54, 1.807) is 31.7 Å². The smallest absolute Gasteiger partial charge is 0.355 e. The fourth-order valence-electron chi connectivity index (χ4n) is 3.91. The summed E-state index contributed by atoms with van der Waals surface area (Å²) in [6, 6.07) is 3.19. The molecule has 3 heterocycles. The highest BCUT2D eigenvalue weighted by Gasteiger charge is 2.48. The van der Waals surface area contributed by atoms with Gasteiger partial charge in [-0.15, -0.1) is 0 Å². The maximum Gasteiger partial charge on any atom is 0.355 e. The Kier molecular flexibility index (Phi) is 6.80. The van der Waals surface area contributed by atoms with Crippen LogP contribution in [0.25, 0.3) is 11.0 Å².